The average Bonchev–Trinajstić information content (AvgIpc) is 3.06. The highest BCUT2D eigenvalue weighted by Gasteiger charge is 2.33. The molecule has 0 aromatic heterocycles. The molecule has 19 heavy (non-hydrogen) atoms. The summed E-state index contributed by atoms with van der Waals surface area (Å²) in [6.07, 6.45) is 4.16. The van der Waals surface area contributed by atoms with Gasteiger partial charge in [0.05, 0.1) is 6.54 Å². The van der Waals surface area contributed by atoms with Crippen LogP contribution in [0.25, 0.3) is 0 Å². The van der Waals surface area contributed by atoms with Crippen LogP contribution in [0, 0.1) is 11.7 Å². The van der Waals surface area contributed by atoms with E-state index in [1.165, 1.54) is 18.9 Å². The second-order valence-corrected chi connectivity index (χ2v) is 5.66. The normalized spacial score (nSPS) is 21.7. The highest BCUT2D eigenvalue weighted by Crippen LogP contribution is 2.39. The summed E-state index contributed by atoms with van der Waals surface area (Å²) in [5, 5.41) is 9.07. The average molecular weight is 263 g/mol. The van der Waals surface area contributed by atoms with Crippen LogP contribution in [0.5, 0.6) is 0 Å². The van der Waals surface area contributed by atoms with Crippen molar-refractivity contribution in [3.05, 3.63) is 35.1 Å². The molecule has 0 saturated heterocycles. The van der Waals surface area contributed by atoms with Crippen LogP contribution < -0.4 is 0 Å². The summed E-state index contributed by atoms with van der Waals surface area (Å²) in [5.41, 5.74) is 2.15. The summed E-state index contributed by atoms with van der Waals surface area (Å²) in [6, 6.07) is 5.04. The quantitative estimate of drug-likeness (QED) is 0.887. The first-order valence-electron chi connectivity index (χ1n) is 6.87. The van der Waals surface area contributed by atoms with Gasteiger partial charge in [0.2, 0.25) is 0 Å². The van der Waals surface area contributed by atoms with Gasteiger partial charge in [0, 0.05) is 12.6 Å². The SMILES string of the molecule is O=C(O)CN(CC1CC1)C1CCc2cc(F)ccc21. The molecule has 1 unspecified atom stereocenters. The number of aryl methyl sites for hydroxylation is 1. The third kappa shape index (κ3) is 2.78. The predicted molar refractivity (Wildman–Crippen MR) is 69.4 cm³/mol. The van der Waals surface area contributed by atoms with E-state index in [0.29, 0.717) is 5.92 Å². The van der Waals surface area contributed by atoms with Gasteiger partial charge in [0.1, 0.15) is 5.82 Å². The van der Waals surface area contributed by atoms with Gasteiger partial charge in [-0.2, -0.15) is 0 Å². The Kier molecular flexibility index (Phi) is 3.27. The summed E-state index contributed by atoms with van der Waals surface area (Å²) < 4.78 is 13.2. The zero-order chi connectivity index (χ0) is 13.4. The van der Waals surface area contributed by atoms with E-state index in [1.54, 1.807) is 6.07 Å². The highest BCUT2D eigenvalue weighted by molar-refractivity contribution is 5.69. The molecule has 102 valence electrons. The van der Waals surface area contributed by atoms with Gasteiger partial charge in [-0.1, -0.05) is 6.07 Å². The smallest absolute Gasteiger partial charge is 0.317 e. The van der Waals surface area contributed by atoms with Gasteiger partial charge in [0.25, 0.3) is 0 Å². The van der Waals surface area contributed by atoms with Gasteiger partial charge in [-0.25, -0.2) is 4.39 Å². The monoisotopic (exact) mass is 263 g/mol. The van der Waals surface area contributed by atoms with E-state index in [1.807, 2.05) is 6.07 Å². The van der Waals surface area contributed by atoms with Gasteiger partial charge >= 0.3 is 5.97 Å². The first-order valence-corrected chi connectivity index (χ1v) is 6.87. The molecule has 0 aliphatic heterocycles. The van der Waals surface area contributed by atoms with Gasteiger partial charge in [-0.3, -0.25) is 9.69 Å². The molecule has 1 saturated carbocycles. The van der Waals surface area contributed by atoms with Crippen molar-refractivity contribution in [1.82, 2.24) is 4.90 Å². The van der Waals surface area contributed by atoms with Crippen molar-refractivity contribution in [1.29, 1.82) is 0 Å². The molecule has 1 atom stereocenters. The summed E-state index contributed by atoms with van der Waals surface area (Å²) in [4.78, 5) is 13.1. The van der Waals surface area contributed by atoms with E-state index in [9.17, 15) is 9.18 Å². The van der Waals surface area contributed by atoms with Crippen molar-refractivity contribution in [3.63, 3.8) is 0 Å². The standard InChI is InChI=1S/C15H18FNO2/c16-12-4-5-13-11(7-12)3-6-14(13)17(9-15(18)19)8-10-1-2-10/h4-5,7,10,14H,1-3,6,8-9H2,(H,18,19). The van der Waals surface area contributed by atoms with Crippen LogP contribution in [0.15, 0.2) is 18.2 Å². The molecule has 2 aliphatic carbocycles. The molecule has 1 aromatic rings. The van der Waals surface area contributed by atoms with E-state index in [0.717, 1.165) is 30.5 Å². The van der Waals surface area contributed by atoms with Gasteiger partial charge in [-0.05, 0) is 54.9 Å². The van der Waals surface area contributed by atoms with E-state index in [4.69, 9.17) is 5.11 Å². The minimum absolute atomic E-state index is 0.0813. The molecule has 1 N–H and O–H groups in total. The molecular formula is C15H18FNO2. The van der Waals surface area contributed by atoms with E-state index >= 15 is 0 Å². The van der Waals surface area contributed by atoms with Crippen LogP contribution in [0.1, 0.15) is 36.4 Å². The van der Waals surface area contributed by atoms with Gasteiger partial charge in [0.15, 0.2) is 0 Å². The lowest BCUT2D eigenvalue weighted by Crippen LogP contribution is -2.34. The predicted octanol–water partition coefficient (Wildman–Crippen LogP) is 2.61. The third-order valence-corrected chi connectivity index (χ3v) is 4.12. The molecule has 0 heterocycles. The number of carboxylic acid groups (broad SMARTS) is 1. The third-order valence-electron chi connectivity index (χ3n) is 4.12. The number of fused-ring (bicyclic) bond motifs is 1. The zero-order valence-electron chi connectivity index (χ0n) is 10.8. The molecule has 0 radical (unpaired) electrons. The number of aliphatic carboxylic acids is 1. The van der Waals surface area contributed by atoms with Crippen LogP contribution in [0.2, 0.25) is 0 Å². The number of nitrogens with zero attached hydrogens (tertiary/aromatic N) is 1. The number of halogens is 1. The minimum Gasteiger partial charge on any atom is -0.480 e. The Labute approximate surface area is 112 Å². The van der Waals surface area contributed by atoms with Crippen LogP contribution in [-0.2, 0) is 11.2 Å². The minimum atomic E-state index is -0.781. The maximum absolute atomic E-state index is 13.2. The lowest BCUT2D eigenvalue weighted by atomic mass is 10.1. The van der Waals surface area contributed by atoms with E-state index in [-0.39, 0.29) is 18.4 Å². The lowest BCUT2D eigenvalue weighted by Gasteiger charge is -2.28. The Morgan fingerprint density at radius 2 is 2.16 bits per heavy atom. The van der Waals surface area contributed by atoms with Crippen molar-refractivity contribution in [2.24, 2.45) is 5.92 Å². The molecule has 2 aliphatic rings. The summed E-state index contributed by atoms with van der Waals surface area (Å²) >= 11 is 0. The number of rotatable bonds is 5. The number of carbonyl (C=O) groups is 1. The van der Waals surface area contributed by atoms with E-state index < -0.39 is 5.97 Å². The largest absolute Gasteiger partial charge is 0.480 e. The first kappa shape index (κ1) is 12.6. The number of carboxylic acids is 1. The summed E-state index contributed by atoms with van der Waals surface area (Å²) in [7, 11) is 0. The topological polar surface area (TPSA) is 40.5 Å². The molecule has 3 nitrogen and oxygen atoms in total. The highest BCUT2D eigenvalue weighted by atomic mass is 19.1. The Hall–Kier alpha value is -1.42. The number of hydrogen-bond acceptors (Lipinski definition) is 2. The van der Waals surface area contributed by atoms with Gasteiger partial charge in [-0.15, -0.1) is 0 Å². The molecule has 0 amide bonds. The Bertz CT molecular complexity index is 499. The zero-order valence-corrected chi connectivity index (χ0v) is 10.8. The van der Waals surface area contributed by atoms with Crippen molar-refractivity contribution >= 4 is 5.97 Å². The van der Waals surface area contributed by atoms with Gasteiger partial charge < -0.3 is 5.11 Å². The molecule has 1 fully saturated rings. The molecule has 3 rings (SSSR count). The van der Waals surface area contributed by atoms with Crippen molar-refractivity contribution in [2.45, 2.75) is 31.7 Å². The molecule has 0 bridgehead atoms. The second kappa shape index (κ2) is 4.93. The van der Waals surface area contributed by atoms with Crippen LogP contribution >= 0.6 is 0 Å². The molecule has 1 aromatic carbocycles. The number of benzene rings is 1. The fraction of sp³-hybridized carbons (Fsp3) is 0.533. The van der Waals surface area contributed by atoms with Crippen molar-refractivity contribution in [3.8, 4) is 0 Å². The summed E-state index contributed by atoms with van der Waals surface area (Å²) in [5.74, 6) is -0.327. The van der Waals surface area contributed by atoms with Crippen molar-refractivity contribution in [2.75, 3.05) is 13.1 Å². The maximum atomic E-state index is 13.2. The lowest BCUT2D eigenvalue weighted by molar-refractivity contribution is -0.139. The Morgan fingerprint density at radius 1 is 1.37 bits per heavy atom. The molecular weight excluding hydrogens is 245 g/mol. The Balaban J connectivity index is 1.81. The fourth-order valence-corrected chi connectivity index (χ4v) is 3.05. The first-order chi connectivity index (χ1) is 9.13. The van der Waals surface area contributed by atoms with Crippen LogP contribution in [0.3, 0.4) is 0 Å². The maximum Gasteiger partial charge on any atom is 0.317 e. The Morgan fingerprint density at radius 3 is 2.84 bits per heavy atom. The molecule has 0 spiro atoms. The summed E-state index contributed by atoms with van der Waals surface area (Å²) in [6.45, 7) is 0.936. The van der Waals surface area contributed by atoms with Crippen molar-refractivity contribution < 1.29 is 14.3 Å². The van der Waals surface area contributed by atoms with E-state index in [2.05, 4.69) is 4.90 Å². The van der Waals surface area contributed by atoms with Crippen LogP contribution in [-0.4, -0.2) is 29.1 Å². The second-order valence-electron chi connectivity index (χ2n) is 5.66. The number of hydrogen-bond donors (Lipinski definition) is 1. The van der Waals surface area contributed by atoms with Crippen LogP contribution in [0.4, 0.5) is 4.39 Å². The fourth-order valence-electron chi connectivity index (χ4n) is 3.05. The molecule has 4 heteroatoms.